The summed E-state index contributed by atoms with van der Waals surface area (Å²) in [6.45, 7) is 1.60. The van der Waals surface area contributed by atoms with Gasteiger partial charge in [0, 0.05) is 6.07 Å². The van der Waals surface area contributed by atoms with Gasteiger partial charge in [0.15, 0.2) is 0 Å². The van der Waals surface area contributed by atoms with Gasteiger partial charge in [0.25, 0.3) is 0 Å². The van der Waals surface area contributed by atoms with E-state index in [1.54, 1.807) is 38.3 Å². The Morgan fingerprint density at radius 3 is 2.37 bits per heavy atom. The molecule has 0 bridgehead atoms. The summed E-state index contributed by atoms with van der Waals surface area (Å²) < 4.78 is 14.9. The normalized spacial score (nSPS) is 10.0. The standard InChI is InChI=1S/C14H12O5/c1-9-7-12(8-13(15)18-9)19-14(16)10-3-5-11(17-2)6-4-10/h3-8H,1-2H3. The Hall–Kier alpha value is -2.56. The van der Waals surface area contributed by atoms with E-state index in [1.807, 2.05) is 0 Å². The second-order valence-corrected chi connectivity index (χ2v) is 3.84. The fourth-order valence-corrected chi connectivity index (χ4v) is 1.53. The first-order valence-electron chi connectivity index (χ1n) is 5.56. The van der Waals surface area contributed by atoms with E-state index in [9.17, 15) is 9.59 Å². The van der Waals surface area contributed by atoms with Crippen LogP contribution in [0.3, 0.4) is 0 Å². The van der Waals surface area contributed by atoms with E-state index in [-0.39, 0.29) is 5.75 Å². The van der Waals surface area contributed by atoms with E-state index in [4.69, 9.17) is 13.9 Å². The lowest BCUT2D eigenvalue weighted by Crippen LogP contribution is -2.10. The molecule has 0 saturated heterocycles. The zero-order valence-corrected chi connectivity index (χ0v) is 10.5. The van der Waals surface area contributed by atoms with Crippen molar-refractivity contribution in [3.05, 3.63) is 58.1 Å². The van der Waals surface area contributed by atoms with E-state index in [1.165, 1.54) is 6.07 Å². The number of benzene rings is 1. The summed E-state index contributed by atoms with van der Waals surface area (Å²) in [5, 5.41) is 0. The molecule has 2 rings (SSSR count). The van der Waals surface area contributed by atoms with E-state index in [0.29, 0.717) is 17.1 Å². The smallest absolute Gasteiger partial charge is 0.343 e. The number of rotatable bonds is 3. The quantitative estimate of drug-likeness (QED) is 0.791. The molecule has 1 aromatic heterocycles. The van der Waals surface area contributed by atoms with Crippen molar-refractivity contribution < 1.29 is 18.7 Å². The SMILES string of the molecule is COc1ccc(C(=O)Oc2cc(C)oc(=O)c2)cc1. The van der Waals surface area contributed by atoms with Crippen molar-refractivity contribution in [2.45, 2.75) is 6.92 Å². The summed E-state index contributed by atoms with van der Waals surface area (Å²) in [4.78, 5) is 23.0. The first kappa shape index (κ1) is 12.9. The van der Waals surface area contributed by atoms with Crippen molar-refractivity contribution in [3.8, 4) is 11.5 Å². The molecule has 0 aliphatic rings. The van der Waals surface area contributed by atoms with Crippen LogP contribution in [0.15, 0.2) is 45.6 Å². The van der Waals surface area contributed by atoms with Gasteiger partial charge in [-0.05, 0) is 31.2 Å². The van der Waals surface area contributed by atoms with Gasteiger partial charge in [-0.1, -0.05) is 0 Å². The van der Waals surface area contributed by atoms with Crippen molar-refractivity contribution in [1.82, 2.24) is 0 Å². The molecule has 0 saturated carbocycles. The third kappa shape index (κ3) is 3.22. The molecule has 0 unspecified atom stereocenters. The van der Waals surface area contributed by atoms with Crippen molar-refractivity contribution in [2.24, 2.45) is 0 Å². The van der Waals surface area contributed by atoms with E-state index >= 15 is 0 Å². The van der Waals surface area contributed by atoms with Crippen LogP contribution in [-0.2, 0) is 0 Å². The van der Waals surface area contributed by atoms with Gasteiger partial charge in [-0.15, -0.1) is 0 Å². The molecule has 0 radical (unpaired) electrons. The number of hydrogen-bond donors (Lipinski definition) is 0. The first-order valence-corrected chi connectivity index (χ1v) is 5.56. The number of aryl methyl sites for hydroxylation is 1. The molecule has 0 N–H and O–H groups in total. The summed E-state index contributed by atoms with van der Waals surface area (Å²) in [6, 6.07) is 9.07. The van der Waals surface area contributed by atoms with Gasteiger partial charge in [-0.3, -0.25) is 0 Å². The summed E-state index contributed by atoms with van der Waals surface area (Å²) in [6.07, 6.45) is 0. The molecule has 1 heterocycles. The van der Waals surface area contributed by atoms with E-state index in [0.717, 1.165) is 6.07 Å². The Morgan fingerprint density at radius 2 is 1.79 bits per heavy atom. The van der Waals surface area contributed by atoms with Crippen LogP contribution in [0.25, 0.3) is 0 Å². The molecule has 5 heteroatoms. The van der Waals surface area contributed by atoms with Gasteiger partial charge in [-0.25, -0.2) is 9.59 Å². The van der Waals surface area contributed by atoms with Gasteiger partial charge < -0.3 is 13.9 Å². The highest BCUT2D eigenvalue weighted by Gasteiger charge is 2.10. The van der Waals surface area contributed by atoms with Gasteiger partial charge in [0.2, 0.25) is 0 Å². The van der Waals surface area contributed by atoms with Crippen LogP contribution in [-0.4, -0.2) is 13.1 Å². The molecular weight excluding hydrogens is 248 g/mol. The van der Waals surface area contributed by atoms with Crippen LogP contribution in [0.2, 0.25) is 0 Å². The number of ether oxygens (including phenoxy) is 2. The molecule has 0 fully saturated rings. The summed E-state index contributed by atoms with van der Waals surface area (Å²) in [7, 11) is 1.54. The van der Waals surface area contributed by atoms with Crippen molar-refractivity contribution in [3.63, 3.8) is 0 Å². The molecule has 0 aliphatic heterocycles. The minimum atomic E-state index is -0.558. The third-order valence-electron chi connectivity index (χ3n) is 2.40. The van der Waals surface area contributed by atoms with Gasteiger partial charge >= 0.3 is 11.6 Å². The van der Waals surface area contributed by atoms with Gasteiger partial charge in [0.05, 0.1) is 18.7 Å². The summed E-state index contributed by atoms with van der Waals surface area (Å²) in [5.41, 5.74) is -0.191. The highest BCUT2D eigenvalue weighted by molar-refractivity contribution is 5.91. The molecule has 0 spiro atoms. The Kier molecular flexibility index (Phi) is 3.66. The molecule has 5 nitrogen and oxygen atoms in total. The molecule has 98 valence electrons. The van der Waals surface area contributed by atoms with E-state index in [2.05, 4.69) is 0 Å². The Bertz CT molecular complexity index is 640. The molecule has 0 amide bonds. The maximum Gasteiger partial charge on any atom is 0.343 e. The minimum absolute atomic E-state index is 0.162. The maximum absolute atomic E-state index is 11.8. The largest absolute Gasteiger partial charge is 0.497 e. The highest BCUT2D eigenvalue weighted by atomic mass is 16.5. The zero-order chi connectivity index (χ0) is 13.8. The first-order chi connectivity index (χ1) is 9.08. The maximum atomic E-state index is 11.8. The third-order valence-corrected chi connectivity index (χ3v) is 2.40. The number of esters is 1. The van der Waals surface area contributed by atoms with Crippen LogP contribution in [0.1, 0.15) is 16.1 Å². The average Bonchev–Trinajstić information content (AvgIpc) is 2.37. The van der Waals surface area contributed by atoms with Gasteiger partial charge in [0.1, 0.15) is 17.3 Å². The number of carbonyl (C=O) groups excluding carboxylic acids is 1. The number of hydrogen-bond acceptors (Lipinski definition) is 5. The topological polar surface area (TPSA) is 65.7 Å². The Balaban J connectivity index is 2.17. The fraction of sp³-hybridized carbons (Fsp3) is 0.143. The number of methoxy groups -OCH3 is 1. The summed E-state index contributed by atoms with van der Waals surface area (Å²) in [5.74, 6) is 0.639. The van der Waals surface area contributed by atoms with E-state index < -0.39 is 11.6 Å². The lowest BCUT2D eigenvalue weighted by atomic mass is 10.2. The second kappa shape index (κ2) is 5.39. The zero-order valence-electron chi connectivity index (χ0n) is 10.5. The average molecular weight is 260 g/mol. The molecule has 0 atom stereocenters. The van der Waals surface area contributed by atoms with Crippen LogP contribution < -0.4 is 15.1 Å². The molecular formula is C14H12O5. The van der Waals surface area contributed by atoms with Gasteiger partial charge in [-0.2, -0.15) is 0 Å². The fourth-order valence-electron chi connectivity index (χ4n) is 1.53. The van der Waals surface area contributed by atoms with Crippen molar-refractivity contribution >= 4 is 5.97 Å². The predicted molar refractivity (Wildman–Crippen MR) is 67.7 cm³/mol. The van der Waals surface area contributed by atoms with Crippen molar-refractivity contribution in [2.75, 3.05) is 7.11 Å². The monoisotopic (exact) mass is 260 g/mol. The lowest BCUT2D eigenvalue weighted by molar-refractivity contribution is 0.0733. The van der Waals surface area contributed by atoms with Crippen LogP contribution in [0.4, 0.5) is 0 Å². The predicted octanol–water partition coefficient (Wildman–Crippen LogP) is 2.18. The summed E-state index contributed by atoms with van der Waals surface area (Å²) >= 11 is 0. The molecule has 0 aliphatic carbocycles. The molecule has 1 aromatic carbocycles. The van der Waals surface area contributed by atoms with Crippen LogP contribution >= 0.6 is 0 Å². The Morgan fingerprint density at radius 1 is 1.11 bits per heavy atom. The molecule has 2 aromatic rings. The van der Waals surface area contributed by atoms with Crippen molar-refractivity contribution in [1.29, 1.82) is 0 Å². The number of carbonyl (C=O) groups is 1. The Labute approximate surface area is 109 Å². The molecule has 19 heavy (non-hydrogen) atoms. The second-order valence-electron chi connectivity index (χ2n) is 3.84. The minimum Gasteiger partial charge on any atom is -0.497 e. The highest BCUT2D eigenvalue weighted by Crippen LogP contribution is 2.15. The lowest BCUT2D eigenvalue weighted by Gasteiger charge is -2.05. The van der Waals surface area contributed by atoms with Crippen LogP contribution in [0, 0.1) is 6.92 Å². The van der Waals surface area contributed by atoms with Crippen LogP contribution in [0.5, 0.6) is 11.5 Å².